The molecule has 4 rings (SSSR count). The van der Waals surface area contributed by atoms with Crippen LogP contribution in [0.4, 0.5) is 0 Å². The van der Waals surface area contributed by atoms with E-state index in [4.69, 9.17) is 23.6 Å². The van der Waals surface area contributed by atoms with Gasteiger partial charge in [0.1, 0.15) is 0 Å². The molecule has 7 unspecified atom stereocenters. The van der Waals surface area contributed by atoms with Gasteiger partial charge in [-0.05, 0) is 55.5 Å². The zero-order valence-corrected chi connectivity index (χ0v) is 23.9. The van der Waals surface area contributed by atoms with Gasteiger partial charge in [0.25, 0.3) is 0 Å². The van der Waals surface area contributed by atoms with Crippen LogP contribution in [0.5, 0.6) is 0 Å². The summed E-state index contributed by atoms with van der Waals surface area (Å²) < 4.78 is 0. The Morgan fingerprint density at radius 3 is 1.93 bits per heavy atom. The van der Waals surface area contributed by atoms with Gasteiger partial charge in [-0.2, -0.15) is 0 Å². The van der Waals surface area contributed by atoms with Crippen LogP contribution in [0, 0.1) is 31.1 Å². The summed E-state index contributed by atoms with van der Waals surface area (Å²) in [5, 5.41) is 0. The van der Waals surface area contributed by atoms with E-state index in [2.05, 4.69) is 45.8 Å². The topological polar surface area (TPSA) is 17.3 Å². The van der Waals surface area contributed by atoms with E-state index in [0.717, 1.165) is 41.3 Å². The molecule has 0 spiro atoms. The number of hydrogen-bond donors (Lipinski definition) is 0. The summed E-state index contributed by atoms with van der Waals surface area (Å²) in [6.45, 7) is 12.2. The second-order valence-electron chi connectivity index (χ2n) is 11.4. The Bertz CT molecular complexity index is 527. The first-order valence-corrected chi connectivity index (χ1v) is 18.9. The van der Waals surface area contributed by atoms with Crippen LogP contribution in [-0.4, -0.2) is 37.8 Å². The van der Waals surface area contributed by atoms with Crippen molar-refractivity contribution in [3.63, 3.8) is 0 Å². The molecule has 1 heterocycles. The molecular formula is C23H44Cl2N2SiTi-2. The van der Waals surface area contributed by atoms with Crippen LogP contribution in [0.3, 0.4) is 0 Å². The minimum atomic E-state index is -1.62. The van der Waals surface area contributed by atoms with E-state index in [1.807, 2.05) is 0 Å². The van der Waals surface area contributed by atoms with Crippen molar-refractivity contribution >= 4 is 26.8 Å². The zero-order chi connectivity index (χ0) is 20.7. The van der Waals surface area contributed by atoms with Crippen molar-refractivity contribution in [1.82, 2.24) is 4.90 Å². The summed E-state index contributed by atoms with van der Waals surface area (Å²) in [4.78, 5) is 8.45. The third-order valence-corrected chi connectivity index (χ3v) is 11.9. The molecule has 0 aromatic rings. The fraction of sp³-hybridized carbons (Fsp3) is 0.957. The third-order valence-electron chi connectivity index (χ3n) is 8.30. The predicted octanol–water partition coefficient (Wildman–Crippen LogP) is 7.87. The molecule has 3 aliphatic carbocycles. The SMILES string of the molecule is CN1C2CCCCC2C2C3CCCCC3C([Si](C)(C)[N-]C(C)(C)C)C21.[CH3-].[Cl][Ti][Cl]. The molecule has 0 amide bonds. The first-order valence-electron chi connectivity index (χ1n) is 11.5. The van der Waals surface area contributed by atoms with Crippen molar-refractivity contribution < 1.29 is 17.0 Å². The van der Waals surface area contributed by atoms with Crippen LogP contribution in [0.2, 0.25) is 18.6 Å². The van der Waals surface area contributed by atoms with E-state index < -0.39 is 25.3 Å². The van der Waals surface area contributed by atoms with E-state index in [-0.39, 0.29) is 13.0 Å². The Hall–Kier alpha value is 1.43. The van der Waals surface area contributed by atoms with Crippen LogP contribution in [-0.2, 0) is 17.0 Å². The molecule has 2 nitrogen and oxygen atoms in total. The van der Waals surface area contributed by atoms with Crippen LogP contribution in [0.15, 0.2) is 0 Å². The van der Waals surface area contributed by atoms with Gasteiger partial charge in [0.2, 0.25) is 0 Å². The monoisotopic (exact) mass is 494 g/mol. The maximum absolute atomic E-state index is 5.54. The number of nitrogens with zero attached hydrogens (tertiary/aromatic N) is 2. The summed E-state index contributed by atoms with van der Waals surface area (Å²) in [6, 6.07) is 1.75. The van der Waals surface area contributed by atoms with Crippen molar-refractivity contribution in [1.29, 1.82) is 0 Å². The van der Waals surface area contributed by atoms with E-state index >= 15 is 0 Å². The summed E-state index contributed by atoms with van der Waals surface area (Å²) in [5.74, 6) is 4.04. The Labute approximate surface area is 199 Å². The minimum absolute atomic E-state index is 0. The Kier molecular flexibility index (Phi) is 9.73. The van der Waals surface area contributed by atoms with E-state index in [1.54, 1.807) is 0 Å². The average Bonchev–Trinajstić information content (AvgIpc) is 3.08. The van der Waals surface area contributed by atoms with Gasteiger partial charge in [0, 0.05) is 12.1 Å². The molecule has 0 radical (unpaired) electrons. The Morgan fingerprint density at radius 2 is 1.38 bits per heavy atom. The van der Waals surface area contributed by atoms with Crippen molar-refractivity contribution in [2.75, 3.05) is 7.05 Å². The molecule has 4 aliphatic rings. The molecule has 0 N–H and O–H groups in total. The van der Waals surface area contributed by atoms with Crippen molar-refractivity contribution in [2.45, 2.75) is 108 Å². The molecule has 1 aliphatic heterocycles. The first kappa shape index (κ1) is 26.7. The predicted molar refractivity (Wildman–Crippen MR) is 129 cm³/mol. The molecule has 3 saturated carbocycles. The quantitative estimate of drug-likeness (QED) is 0.282. The van der Waals surface area contributed by atoms with Gasteiger partial charge in [-0.15, -0.1) is 5.54 Å². The summed E-state index contributed by atoms with van der Waals surface area (Å²) in [7, 11) is 10.7. The van der Waals surface area contributed by atoms with Gasteiger partial charge in [-0.1, -0.05) is 74.2 Å². The molecule has 0 aromatic heterocycles. The number of fused-ring (bicyclic) bond motifs is 5. The fourth-order valence-electron chi connectivity index (χ4n) is 8.15. The van der Waals surface area contributed by atoms with Crippen molar-refractivity contribution in [2.24, 2.45) is 23.7 Å². The average molecular weight is 495 g/mol. The zero-order valence-electron chi connectivity index (χ0n) is 19.8. The van der Waals surface area contributed by atoms with E-state index in [1.165, 1.54) is 51.4 Å². The second kappa shape index (κ2) is 10.6. The van der Waals surface area contributed by atoms with Gasteiger partial charge in [0.05, 0.1) is 0 Å². The number of likely N-dealkylation sites (tertiary alicyclic amines) is 1. The number of hydrogen-bond acceptors (Lipinski definition) is 1. The standard InChI is InChI=1S/C22H41N2Si.CH3.2ClH.Ti/c1-22(2,3)23-25(5,6)21-16-12-8-7-11-15(16)19-17-13-9-10-14-18(17)24(4)20(19)21;;;;/h15-21H,7-14H2,1-6H3;1H3;2*1H;/q2*-1;;;+2/p-2. The van der Waals surface area contributed by atoms with Crippen LogP contribution in [0.25, 0.3) is 4.98 Å². The first-order chi connectivity index (χ1) is 13.1. The van der Waals surface area contributed by atoms with Crippen molar-refractivity contribution in [3.05, 3.63) is 12.4 Å². The van der Waals surface area contributed by atoms with Crippen LogP contribution in [0.1, 0.15) is 72.1 Å². The van der Waals surface area contributed by atoms with Crippen molar-refractivity contribution in [3.8, 4) is 0 Å². The summed E-state index contributed by atoms with van der Waals surface area (Å²) in [5.41, 5.74) is 1.03. The van der Waals surface area contributed by atoms with Gasteiger partial charge in [-0.3, -0.25) is 4.90 Å². The van der Waals surface area contributed by atoms with Gasteiger partial charge in [0.15, 0.2) is 0 Å². The molecule has 0 bridgehead atoms. The molecule has 6 heteroatoms. The van der Waals surface area contributed by atoms with Crippen LogP contribution < -0.4 is 0 Å². The Balaban J connectivity index is 0.000000708. The second-order valence-corrected chi connectivity index (χ2v) is 18.2. The molecular weight excluding hydrogens is 451 g/mol. The van der Waals surface area contributed by atoms with E-state index in [9.17, 15) is 0 Å². The van der Waals surface area contributed by atoms with Gasteiger partial charge >= 0.3 is 35.6 Å². The molecule has 170 valence electrons. The van der Waals surface area contributed by atoms with E-state index in [0.29, 0.717) is 0 Å². The fourth-order valence-corrected chi connectivity index (χ4v) is 12.8. The van der Waals surface area contributed by atoms with Gasteiger partial charge < -0.3 is 12.4 Å². The molecule has 0 aromatic carbocycles. The molecule has 7 atom stereocenters. The summed E-state index contributed by atoms with van der Waals surface area (Å²) in [6.07, 6.45) is 12.0. The van der Waals surface area contributed by atoms with Gasteiger partial charge in [-0.25, -0.2) is 0 Å². The molecule has 29 heavy (non-hydrogen) atoms. The Morgan fingerprint density at radius 1 is 0.897 bits per heavy atom. The number of halogens is 2. The third kappa shape index (κ3) is 5.50. The molecule has 4 fully saturated rings. The maximum atomic E-state index is 5.54. The molecule has 1 saturated heterocycles. The number of rotatable bonds is 2. The van der Waals surface area contributed by atoms with Crippen LogP contribution >= 0.6 is 18.6 Å². The normalized spacial score (nSPS) is 39.4. The summed E-state index contributed by atoms with van der Waals surface area (Å²) >= 11 is -0.556.